The Morgan fingerprint density at radius 1 is 1.40 bits per heavy atom. The summed E-state index contributed by atoms with van der Waals surface area (Å²) in [5.74, 6) is 0.572. The van der Waals surface area contributed by atoms with Gasteiger partial charge in [-0.25, -0.2) is 18.4 Å². The third kappa shape index (κ3) is 1.63. The van der Waals surface area contributed by atoms with Crippen LogP contribution in [0.5, 0.6) is 0 Å². The summed E-state index contributed by atoms with van der Waals surface area (Å²) in [4.78, 5) is 7.75. The highest BCUT2D eigenvalue weighted by Crippen LogP contribution is 2.11. The molecule has 2 heterocycles. The Kier molecular flexibility index (Phi) is 1.90. The lowest BCUT2D eigenvalue weighted by Gasteiger charge is -2.01. The first kappa shape index (κ1) is 9.84. The van der Waals surface area contributed by atoms with Crippen molar-refractivity contribution in [1.29, 1.82) is 0 Å². The van der Waals surface area contributed by atoms with Crippen molar-refractivity contribution in [3.05, 3.63) is 11.9 Å². The average molecular weight is 227 g/mol. The number of rotatable bonds is 1. The molecule has 0 radical (unpaired) electrons. The molecule has 0 spiro atoms. The van der Waals surface area contributed by atoms with E-state index >= 15 is 0 Å². The van der Waals surface area contributed by atoms with Gasteiger partial charge in [-0.3, -0.25) is 0 Å². The van der Waals surface area contributed by atoms with Crippen molar-refractivity contribution in [3.8, 4) is 0 Å². The molecule has 0 fully saturated rings. The molecule has 2 rings (SSSR count). The van der Waals surface area contributed by atoms with E-state index in [0.717, 1.165) is 6.26 Å². The average Bonchev–Trinajstić information content (AvgIpc) is 2.41. The molecule has 15 heavy (non-hydrogen) atoms. The maximum Gasteiger partial charge on any atom is 0.251 e. The van der Waals surface area contributed by atoms with Crippen LogP contribution in [-0.2, 0) is 9.84 Å². The van der Waals surface area contributed by atoms with Gasteiger partial charge in [-0.15, -0.1) is 5.10 Å². The molecule has 2 aromatic heterocycles. The standard InChI is InChI=1S/C7H9N5O2S/c1-4-9-6-3-5(8)10-7(12(6)11-4)15(2,13)14/h3H,8H2,1-2H3. The fourth-order valence-electron chi connectivity index (χ4n) is 1.23. The number of hydrogen-bond acceptors (Lipinski definition) is 6. The van der Waals surface area contributed by atoms with Gasteiger partial charge in [0.05, 0.1) is 0 Å². The third-order valence-electron chi connectivity index (χ3n) is 1.75. The zero-order valence-corrected chi connectivity index (χ0v) is 8.98. The van der Waals surface area contributed by atoms with E-state index in [-0.39, 0.29) is 11.0 Å². The number of sulfone groups is 1. The van der Waals surface area contributed by atoms with Crippen molar-refractivity contribution in [2.45, 2.75) is 12.1 Å². The van der Waals surface area contributed by atoms with Gasteiger partial charge in [-0.1, -0.05) is 0 Å². The van der Waals surface area contributed by atoms with Crippen molar-refractivity contribution in [2.24, 2.45) is 0 Å². The van der Waals surface area contributed by atoms with E-state index in [2.05, 4.69) is 15.1 Å². The van der Waals surface area contributed by atoms with Crippen LogP contribution in [0.15, 0.2) is 11.2 Å². The second kappa shape index (κ2) is 2.89. The molecule has 0 atom stereocenters. The summed E-state index contributed by atoms with van der Waals surface area (Å²) in [7, 11) is -3.47. The summed E-state index contributed by atoms with van der Waals surface area (Å²) in [6, 6.07) is 1.47. The number of aromatic nitrogens is 4. The van der Waals surface area contributed by atoms with Gasteiger partial charge in [-0.05, 0) is 6.92 Å². The van der Waals surface area contributed by atoms with Crippen molar-refractivity contribution in [2.75, 3.05) is 12.0 Å². The lowest BCUT2D eigenvalue weighted by molar-refractivity contribution is 0.585. The summed E-state index contributed by atoms with van der Waals surface area (Å²) in [6.07, 6.45) is 1.05. The topological polar surface area (TPSA) is 103 Å². The predicted molar refractivity (Wildman–Crippen MR) is 53.0 cm³/mol. The highest BCUT2D eigenvalue weighted by molar-refractivity contribution is 7.90. The summed E-state index contributed by atoms with van der Waals surface area (Å²) in [5, 5.41) is 3.73. The number of fused-ring (bicyclic) bond motifs is 1. The van der Waals surface area contributed by atoms with E-state index < -0.39 is 9.84 Å². The number of nitrogen functional groups attached to an aromatic ring is 1. The monoisotopic (exact) mass is 227 g/mol. The minimum absolute atomic E-state index is 0.107. The van der Waals surface area contributed by atoms with Crippen LogP contribution in [-0.4, -0.2) is 34.3 Å². The molecule has 0 unspecified atom stereocenters. The zero-order valence-electron chi connectivity index (χ0n) is 8.17. The van der Waals surface area contributed by atoms with Crippen LogP contribution in [0.4, 0.5) is 5.82 Å². The number of anilines is 1. The van der Waals surface area contributed by atoms with Gasteiger partial charge in [0.15, 0.2) is 5.65 Å². The molecule has 7 nitrogen and oxygen atoms in total. The van der Waals surface area contributed by atoms with Crippen LogP contribution in [0.25, 0.3) is 5.65 Å². The van der Waals surface area contributed by atoms with Gasteiger partial charge in [0.2, 0.25) is 9.84 Å². The number of aryl methyl sites for hydroxylation is 1. The Balaban J connectivity index is 2.94. The van der Waals surface area contributed by atoms with Crippen LogP contribution in [0, 0.1) is 6.92 Å². The molecular weight excluding hydrogens is 218 g/mol. The molecule has 0 saturated heterocycles. The van der Waals surface area contributed by atoms with Gasteiger partial charge >= 0.3 is 0 Å². The van der Waals surface area contributed by atoms with Crippen molar-refractivity contribution < 1.29 is 8.42 Å². The van der Waals surface area contributed by atoms with Crippen LogP contribution < -0.4 is 5.73 Å². The van der Waals surface area contributed by atoms with Gasteiger partial charge in [0.25, 0.3) is 5.16 Å². The Morgan fingerprint density at radius 2 is 2.07 bits per heavy atom. The Hall–Kier alpha value is -1.70. The Morgan fingerprint density at radius 3 is 2.67 bits per heavy atom. The second-order valence-electron chi connectivity index (χ2n) is 3.16. The Bertz CT molecular complexity index is 630. The zero-order chi connectivity index (χ0) is 11.2. The highest BCUT2D eigenvalue weighted by Gasteiger charge is 2.17. The molecule has 8 heteroatoms. The van der Waals surface area contributed by atoms with Crippen molar-refractivity contribution in [1.82, 2.24) is 19.6 Å². The smallest absolute Gasteiger partial charge is 0.251 e. The number of nitrogens with zero attached hydrogens (tertiary/aromatic N) is 4. The molecule has 2 N–H and O–H groups in total. The summed E-state index contributed by atoms with van der Waals surface area (Å²) < 4.78 is 24.0. The van der Waals surface area contributed by atoms with Gasteiger partial charge in [0.1, 0.15) is 11.6 Å². The van der Waals surface area contributed by atoms with Gasteiger partial charge in [0, 0.05) is 12.3 Å². The fourth-order valence-corrected chi connectivity index (χ4v) is 1.95. The molecule has 0 bridgehead atoms. The van der Waals surface area contributed by atoms with Crippen LogP contribution in [0.2, 0.25) is 0 Å². The van der Waals surface area contributed by atoms with Gasteiger partial charge < -0.3 is 5.73 Å². The lowest BCUT2D eigenvalue weighted by Crippen LogP contribution is -2.10. The largest absolute Gasteiger partial charge is 0.383 e. The third-order valence-corrected chi connectivity index (χ3v) is 2.68. The minimum atomic E-state index is -3.47. The molecule has 0 amide bonds. The first-order chi connectivity index (χ1) is 6.88. The molecule has 2 aromatic rings. The Labute approximate surface area is 85.9 Å². The van der Waals surface area contributed by atoms with Crippen molar-refractivity contribution in [3.63, 3.8) is 0 Å². The molecule has 0 aliphatic carbocycles. The van der Waals surface area contributed by atoms with Crippen LogP contribution in [0.1, 0.15) is 5.82 Å². The quantitative estimate of drug-likeness (QED) is 0.653. The van der Waals surface area contributed by atoms with E-state index in [0.29, 0.717) is 11.5 Å². The maximum absolute atomic E-state index is 11.4. The first-order valence-electron chi connectivity index (χ1n) is 4.08. The van der Waals surface area contributed by atoms with E-state index in [1.807, 2.05) is 0 Å². The van der Waals surface area contributed by atoms with E-state index in [9.17, 15) is 8.42 Å². The number of hydrogen-bond donors (Lipinski definition) is 1. The normalized spacial score (nSPS) is 12.1. The summed E-state index contributed by atoms with van der Waals surface area (Å²) in [6.45, 7) is 1.66. The van der Waals surface area contributed by atoms with E-state index in [4.69, 9.17) is 5.73 Å². The predicted octanol–water partition coefficient (Wildman–Crippen LogP) is -0.582. The van der Waals surface area contributed by atoms with Gasteiger partial charge in [-0.2, -0.15) is 4.52 Å². The van der Waals surface area contributed by atoms with Crippen molar-refractivity contribution >= 4 is 21.3 Å². The minimum Gasteiger partial charge on any atom is -0.383 e. The van der Waals surface area contributed by atoms with Crippen LogP contribution >= 0.6 is 0 Å². The molecule has 80 valence electrons. The summed E-state index contributed by atoms with van der Waals surface area (Å²) >= 11 is 0. The maximum atomic E-state index is 11.4. The molecule has 0 aliphatic rings. The molecular formula is C7H9N5O2S. The molecule has 0 saturated carbocycles. The lowest BCUT2D eigenvalue weighted by atomic mass is 10.6. The van der Waals surface area contributed by atoms with E-state index in [1.54, 1.807) is 6.92 Å². The second-order valence-corrected chi connectivity index (χ2v) is 5.07. The van der Waals surface area contributed by atoms with E-state index in [1.165, 1.54) is 10.6 Å². The summed E-state index contributed by atoms with van der Waals surface area (Å²) in [5.41, 5.74) is 5.85. The highest BCUT2D eigenvalue weighted by atomic mass is 32.2. The number of nitrogens with two attached hydrogens (primary N) is 1. The SMILES string of the molecule is Cc1nc2cc(N)nc(S(C)(=O)=O)n2n1. The first-order valence-corrected chi connectivity index (χ1v) is 5.97. The van der Waals surface area contributed by atoms with Crippen LogP contribution in [0.3, 0.4) is 0 Å². The molecule has 0 aromatic carbocycles. The fraction of sp³-hybridized carbons (Fsp3) is 0.286. The molecule has 0 aliphatic heterocycles.